The van der Waals surface area contributed by atoms with E-state index in [1.807, 2.05) is 18.2 Å². The first-order valence-electron chi connectivity index (χ1n) is 11.2. The Morgan fingerprint density at radius 2 is 1.82 bits per heavy atom. The van der Waals surface area contributed by atoms with Crippen LogP contribution in [0.4, 0.5) is 20.7 Å². The Bertz CT molecular complexity index is 989. The number of benzene rings is 1. The zero-order valence-electron chi connectivity index (χ0n) is 18.5. The van der Waals surface area contributed by atoms with Gasteiger partial charge in [0.2, 0.25) is 5.91 Å². The molecule has 0 unspecified atom stereocenters. The molecule has 1 aromatic heterocycles. The molecule has 182 valence electrons. The van der Waals surface area contributed by atoms with Crippen molar-refractivity contribution in [3.63, 3.8) is 0 Å². The highest BCUT2D eigenvalue weighted by Gasteiger charge is 2.44. The Morgan fingerprint density at radius 1 is 1.06 bits per heavy atom. The van der Waals surface area contributed by atoms with Crippen molar-refractivity contribution < 1.29 is 28.9 Å². The van der Waals surface area contributed by atoms with Gasteiger partial charge in [-0.3, -0.25) is 4.79 Å². The van der Waals surface area contributed by atoms with Crippen LogP contribution in [-0.2, 0) is 9.53 Å². The SMILES string of the molecule is O=C(NC[C@H]1O[C@@H](CC(=O)N2CCN(c3ccccn3)CC2)[C@H](O)[C@@H]1O)Nc1cccc(F)c1. The number of ether oxygens (including phenoxy) is 1. The number of carbonyl (C=O) groups is 2. The summed E-state index contributed by atoms with van der Waals surface area (Å²) in [7, 11) is 0. The molecular weight excluding hydrogens is 445 g/mol. The summed E-state index contributed by atoms with van der Waals surface area (Å²) in [5.74, 6) is 0.208. The zero-order chi connectivity index (χ0) is 24.1. The molecule has 0 radical (unpaired) electrons. The van der Waals surface area contributed by atoms with Crippen LogP contribution in [-0.4, -0.2) is 89.2 Å². The van der Waals surface area contributed by atoms with Crippen LogP contribution in [0.5, 0.6) is 0 Å². The van der Waals surface area contributed by atoms with E-state index in [-0.39, 0.29) is 24.6 Å². The molecule has 2 aromatic rings. The normalized spacial score (nSPS) is 24.7. The van der Waals surface area contributed by atoms with Crippen LogP contribution in [0.1, 0.15) is 6.42 Å². The van der Waals surface area contributed by atoms with E-state index in [4.69, 9.17) is 4.74 Å². The molecule has 1 aromatic carbocycles. The lowest BCUT2D eigenvalue weighted by Crippen LogP contribution is -2.50. The number of rotatable bonds is 6. The van der Waals surface area contributed by atoms with E-state index in [9.17, 15) is 24.2 Å². The van der Waals surface area contributed by atoms with Gasteiger partial charge in [-0.05, 0) is 30.3 Å². The first kappa shape index (κ1) is 23.9. The number of urea groups is 1. The number of hydrogen-bond acceptors (Lipinski definition) is 7. The molecule has 4 rings (SSSR count). The number of nitrogens with one attached hydrogen (secondary N) is 2. The number of aliphatic hydroxyl groups is 2. The van der Waals surface area contributed by atoms with E-state index in [1.54, 1.807) is 11.1 Å². The molecule has 2 aliphatic heterocycles. The summed E-state index contributed by atoms with van der Waals surface area (Å²) < 4.78 is 18.9. The lowest BCUT2D eigenvalue weighted by atomic mass is 10.0. The van der Waals surface area contributed by atoms with Crippen LogP contribution < -0.4 is 15.5 Å². The molecule has 0 bridgehead atoms. The maximum atomic E-state index is 13.2. The van der Waals surface area contributed by atoms with Gasteiger partial charge < -0.3 is 35.4 Å². The topological polar surface area (TPSA) is 127 Å². The molecule has 34 heavy (non-hydrogen) atoms. The zero-order valence-corrected chi connectivity index (χ0v) is 18.5. The number of aliphatic hydroxyl groups excluding tert-OH is 2. The minimum atomic E-state index is -1.26. The molecule has 2 aliphatic rings. The monoisotopic (exact) mass is 473 g/mol. The molecule has 2 saturated heterocycles. The molecule has 0 saturated carbocycles. The van der Waals surface area contributed by atoms with E-state index in [1.165, 1.54) is 24.3 Å². The number of aromatic nitrogens is 1. The van der Waals surface area contributed by atoms with Gasteiger partial charge >= 0.3 is 6.03 Å². The van der Waals surface area contributed by atoms with Crippen molar-refractivity contribution in [3.05, 3.63) is 54.5 Å². The maximum absolute atomic E-state index is 13.2. The Balaban J connectivity index is 1.23. The molecule has 10 nitrogen and oxygen atoms in total. The van der Waals surface area contributed by atoms with Crippen LogP contribution in [0, 0.1) is 5.82 Å². The maximum Gasteiger partial charge on any atom is 0.319 e. The number of hydrogen-bond donors (Lipinski definition) is 4. The van der Waals surface area contributed by atoms with Crippen LogP contribution in [0.3, 0.4) is 0 Å². The van der Waals surface area contributed by atoms with Gasteiger partial charge in [-0.1, -0.05) is 12.1 Å². The summed E-state index contributed by atoms with van der Waals surface area (Å²) in [4.78, 5) is 33.0. The van der Waals surface area contributed by atoms with Gasteiger partial charge in [0.05, 0.1) is 12.5 Å². The second-order valence-electron chi connectivity index (χ2n) is 8.30. The molecule has 0 spiro atoms. The predicted octanol–water partition coefficient (Wildman–Crippen LogP) is 0.570. The van der Waals surface area contributed by atoms with Gasteiger partial charge in [0.15, 0.2) is 0 Å². The molecular formula is C23H28FN5O5. The largest absolute Gasteiger partial charge is 0.388 e. The van der Waals surface area contributed by atoms with E-state index in [0.717, 1.165) is 5.82 Å². The van der Waals surface area contributed by atoms with E-state index < -0.39 is 36.3 Å². The number of amides is 3. The average molecular weight is 474 g/mol. The molecule has 11 heteroatoms. The lowest BCUT2D eigenvalue weighted by Gasteiger charge is -2.36. The average Bonchev–Trinajstić information content (AvgIpc) is 3.11. The number of pyridine rings is 1. The first-order valence-corrected chi connectivity index (χ1v) is 11.2. The third kappa shape index (κ3) is 5.79. The highest BCUT2D eigenvalue weighted by atomic mass is 19.1. The van der Waals surface area contributed by atoms with Gasteiger partial charge in [0.25, 0.3) is 0 Å². The summed E-state index contributed by atoms with van der Waals surface area (Å²) in [6.45, 7) is 2.24. The van der Waals surface area contributed by atoms with E-state index in [2.05, 4.69) is 20.5 Å². The van der Waals surface area contributed by atoms with Crippen molar-refractivity contribution >= 4 is 23.4 Å². The summed E-state index contributed by atoms with van der Waals surface area (Å²) in [6, 6.07) is 10.5. The third-order valence-corrected chi connectivity index (χ3v) is 5.99. The summed E-state index contributed by atoms with van der Waals surface area (Å²) >= 11 is 0. The number of nitrogens with zero attached hydrogens (tertiary/aromatic N) is 3. The second-order valence-corrected chi connectivity index (χ2v) is 8.30. The van der Waals surface area contributed by atoms with Crippen LogP contribution >= 0.6 is 0 Å². The molecule has 4 atom stereocenters. The van der Waals surface area contributed by atoms with Crippen molar-refractivity contribution in [2.24, 2.45) is 0 Å². The van der Waals surface area contributed by atoms with Gasteiger partial charge in [0.1, 0.15) is 29.9 Å². The fourth-order valence-corrected chi connectivity index (χ4v) is 4.12. The van der Waals surface area contributed by atoms with Crippen molar-refractivity contribution in [1.82, 2.24) is 15.2 Å². The van der Waals surface area contributed by atoms with Crippen LogP contribution in [0.2, 0.25) is 0 Å². The minimum Gasteiger partial charge on any atom is -0.388 e. The fourth-order valence-electron chi connectivity index (χ4n) is 4.12. The summed E-state index contributed by atoms with van der Waals surface area (Å²) in [6.07, 6.45) is -2.62. The molecule has 4 N–H and O–H groups in total. The quantitative estimate of drug-likeness (QED) is 0.483. The number of halogens is 1. The van der Waals surface area contributed by atoms with Crippen LogP contribution in [0.25, 0.3) is 0 Å². The van der Waals surface area contributed by atoms with Crippen molar-refractivity contribution in [2.45, 2.75) is 30.8 Å². The van der Waals surface area contributed by atoms with Crippen LogP contribution in [0.15, 0.2) is 48.7 Å². The van der Waals surface area contributed by atoms with E-state index in [0.29, 0.717) is 26.2 Å². The van der Waals surface area contributed by atoms with Crippen molar-refractivity contribution in [2.75, 3.05) is 42.9 Å². The standard InChI is InChI=1S/C23H28FN5O5/c24-15-4-3-5-16(12-15)27-23(33)26-14-18-22(32)21(31)17(34-18)13-20(30)29-10-8-28(9-11-29)19-6-1-2-7-25-19/h1-7,12,17-18,21-22,31-32H,8-11,13-14H2,(H2,26,27,33)/t17-,18+,21-,22+/m0/s1. The first-order chi connectivity index (χ1) is 16.4. The Labute approximate surface area is 196 Å². The van der Waals surface area contributed by atoms with Gasteiger partial charge in [-0.2, -0.15) is 0 Å². The van der Waals surface area contributed by atoms with Crippen molar-refractivity contribution in [1.29, 1.82) is 0 Å². The Kier molecular flexibility index (Phi) is 7.56. The lowest BCUT2D eigenvalue weighted by molar-refractivity contribution is -0.135. The predicted molar refractivity (Wildman–Crippen MR) is 122 cm³/mol. The Hall–Kier alpha value is -3.28. The highest BCUT2D eigenvalue weighted by Crippen LogP contribution is 2.24. The number of anilines is 2. The number of carbonyl (C=O) groups excluding carboxylic acids is 2. The molecule has 3 amide bonds. The van der Waals surface area contributed by atoms with Crippen molar-refractivity contribution in [3.8, 4) is 0 Å². The third-order valence-electron chi connectivity index (χ3n) is 5.99. The van der Waals surface area contributed by atoms with Gasteiger partial charge in [-0.15, -0.1) is 0 Å². The van der Waals surface area contributed by atoms with Gasteiger partial charge in [-0.25, -0.2) is 14.2 Å². The second kappa shape index (κ2) is 10.8. The summed E-state index contributed by atoms with van der Waals surface area (Å²) in [5.41, 5.74) is 0.275. The minimum absolute atomic E-state index is 0.0756. The smallest absolute Gasteiger partial charge is 0.319 e. The van der Waals surface area contributed by atoms with E-state index >= 15 is 0 Å². The fraction of sp³-hybridized carbons (Fsp3) is 0.435. The highest BCUT2D eigenvalue weighted by molar-refractivity contribution is 5.89. The number of piperazine rings is 1. The molecule has 0 aliphatic carbocycles. The molecule has 3 heterocycles. The Morgan fingerprint density at radius 3 is 2.53 bits per heavy atom. The van der Waals surface area contributed by atoms with Gasteiger partial charge in [0, 0.05) is 44.6 Å². The summed E-state index contributed by atoms with van der Waals surface area (Å²) in [5, 5.41) is 25.7. The molecule has 2 fully saturated rings.